The highest BCUT2D eigenvalue weighted by molar-refractivity contribution is 5.53. The van der Waals surface area contributed by atoms with E-state index in [0.29, 0.717) is 12.4 Å². The maximum absolute atomic E-state index is 11.0. The van der Waals surface area contributed by atoms with Gasteiger partial charge in [-0.25, -0.2) is 14.5 Å². The Hall–Kier alpha value is -3.86. The predicted octanol–water partition coefficient (Wildman–Crippen LogP) is 3.08. The molecule has 0 aliphatic carbocycles. The summed E-state index contributed by atoms with van der Waals surface area (Å²) in [7, 11) is 0. The van der Waals surface area contributed by atoms with Crippen molar-refractivity contribution >= 4 is 17.2 Å². The number of ether oxygens (including phenoxy) is 1. The zero-order valence-electron chi connectivity index (χ0n) is 17.8. The molecule has 2 unspecified atom stereocenters. The Balaban J connectivity index is 1.45. The van der Waals surface area contributed by atoms with Gasteiger partial charge in [-0.15, -0.1) is 0 Å². The van der Waals surface area contributed by atoms with Crippen LogP contribution >= 0.6 is 0 Å². The van der Waals surface area contributed by atoms with Gasteiger partial charge in [0.25, 0.3) is 0 Å². The van der Waals surface area contributed by atoms with Crippen molar-refractivity contribution in [3.63, 3.8) is 0 Å². The lowest BCUT2D eigenvalue weighted by Crippen LogP contribution is -2.38. The maximum atomic E-state index is 11.0. The van der Waals surface area contributed by atoms with Crippen molar-refractivity contribution in [3.05, 3.63) is 76.4 Å². The van der Waals surface area contributed by atoms with E-state index in [1.54, 1.807) is 0 Å². The molecule has 0 saturated carbocycles. The Morgan fingerprint density at radius 2 is 2.09 bits per heavy atom. The second kappa shape index (κ2) is 7.93. The van der Waals surface area contributed by atoms with Gasteiger partial charge in [0.1, 0.15) is 18.5 Å². The first kappa shape index (κ1) is 19.8. The minimum absolute atomic E-state index is 0.00225. The minimum atomic E-state index is -0.545. The molecule has 0 bridgehead atoms. The summed E-state index contributed by atoms with van der Waals surface area (Å²) < 4.78 is 10.0. The summed E-state index contributed by atoms with van der Waals surface area (Å²) in [5.41, 5.74) is 3.84. The molecule has 0 radical (unpaired) electrons. The quantitative estimate of drug-likeness (QED) is 0.347. The zero-order chi connectivity index (χ0) is 22.4. The van der Waals surface area contributed by atoms with Crippen LogP contribution in [0.25, 0.3) is 5.52 Å². The molecule has 0 N–H and O–H groups in total. The van der Waals surface area contributed by atoms with Crippen LogP contribution in [0.5, 0.6) is 0 Å². The van der Waals surface area contributed by atoms with Crippen LogP contribution in [-0.2, 0) is 11.2 Å². The maximum Gasteiger partial charge on any atom is 0.382 e. The molecule has 6 heterocycles. The van der Waals surface area contributed by atoms with Crippen molar-refractivity contribution < 1.29 is 9.66 Å². The van der Waals surface area contributed by atoms with Gasteiger partial charge in [0.15, 0.2) is 12.0 Å². The molecule has 11 nitrogen and oxygen atoms in total. The summed E-state index contributed by atoms with van der Waals surface area (Å²) in [4.78, 5) is 25.7. The molecule has 2 aliphatic heterocycles. The van der Waals surface area contributed by atoms with Crippen LogP contribution in [0.4, 0.5) is 11.6 Å². The number of nitro groups is 1. The lowest BCUT2D eigenvalue weighted by Gasteiger charge is -2.35. The predicted molar refractivity (Wildman–Crippen MR) is 118 cm³/mol. The van der Waals surface area contributed by atoms with Gasteiger partial charge in [0.2, 0.25) is 0 Å². The third-order valence-corrected chi connectivity index (χ3v) is 6.33. The fourth-order valence-electron chi connectivity index (χ4n) is 4.78. The molecule has 0 aromatic carbocycles. The van der Waals surface area contributed by atoms with Gasteiger partial charge < -0.3 is 24.3 Å². The van der Waals surface area contributed by atoms with Gasteiger partial charge in [-0.05, 0) is 47.4 Å². The average Bonchev–Trinajstić information content (AvgIpc) is 3.48. The molecule has 0 spiro atoms. The van der Waals surface area contributed by atoms with Crippen LogP contribution in [0.3, 0.4) is 0 Å². The van der Waals surface area contributed by atoms with Crippen molar-refractivity contribution in [1.29, 1.82) is 0 Å². The van der Waals surface area contributed by atoms with Gasteiger partial charge >= 0.3 is 5.82 Å². The van der Waals surface area contributed by atoms with E-state index in [1.807, 2.05) is 41.3 Å². The molecule has 2 aliphatic rings. The fraction of sp³-hybridized carbons (Fsp3) is 0.364. The zero-order valence-corrected chi connectivity index (χ0v) is 17.8. The van der Waals surface area contributed by atoms with E-state index in [9.17, 15) is 10.1 Å². The van der Waals surface area contributed by atoms with E-state index in [4.69, 9.17) is 14.8 Å². The minimum Gasteiger partial charge on any atom is -0.358 e. The number of anilines is 1. The van der Waals surface area contributed by atoms with E-state index in [0.717, 1.165) is 54.9 Å². The monoisotopic (exact) mass is 446 g/mol. The number of rotatable bonds is 4. The van der Waals surface area contributed by atoms with Crippen LogP contribution in [-0.4, -0.2) is 47.2 Å². The van der Waals surface area contributed by atoms with Gasteiger partial charge in [-0.3, -0.25) is 0 Å². The highest BCUT2D eigenvalue weighted by atomic mass is 16.6. The molecule has 168 valence electrons. The van der Waals surface area contributed by atoms with Crippen molar-refractivity contribution in [2.45, 2.75) is 38.0 Å². The third-order valence-electron chi connectivity index (χ3n) is 6.33. The Bertz CT molecular complexity index is 1280. The first-order chi connectivity index (χ1) is 16.2. The fourth-order valence-corrected chi connectivity index (χ4v) is 4.78. The van der Waals surface area contributed by atoms with Crippen LogP contribution < -0.4 is 4.90 Å². The number of hydrogen-bond donors (Lipinski definition) is 0. The smallest absolute Gasteiger partial charge is 0.358 e. The summed E-state index contributed by atoms with van der Waals surface area (Å²) >= 11 is 0. The topological polar surface area (TPSA) is 117 Å². The largest absolute Gasteiger partial charge is 0.382 e. The first-order valence-electron chi connectivity index (χ1n) is 11.0. The Labute approximate surface area is 188 Å². The number of aromatic nitrogens is 6. The second-order valence-corrected chi connectivity index (χ2v) is 8.28. The molecule has 1 saturated heterocycles. The molecule has 6 rings (SSSR count). The summed E-state index contributed by atoms with van der Waals surface area (Å²) in [5.74, 6) is 0.274. The van der Waals surface area contributed by atoms with Gasteiger partial charge in [0, 0.05) is 31.5 Å². The second-order valence-electron chi connectivity index (χ2n) is 8.28. The normalized spacial score (nSPS) is 20.7. The van der Waals surface area contributed by atoms with Crippen LogP contribution in [0.2, 0.25) is 0 Å². The highest BCUT2D eigenvalue weighted by Gasteiger charge is 2.37. The Morgan fingerprint density at radius 1 is 1.15 bits per heavy atom. The summed E-state index contributed by atoms with van der Waals surface area (Å²) in [6.07, 6.45) is 10.4. The van der Waals surface area contributed by atoms with E-state index < -0.39 is 4.92 Å². The Kier molecular flexibility index (Phi) is 4.75. The molecule has 33 heavy (non-hydrogen) atoms. The standard InChI is InChI=1S/C22H22N8O3/c31-30(32)19-13-23-18(12-24-19)27-9-7-17-21(25-14-28(17)20-6-2-4-10-33-20)22(27)16-11-15-5-1-3-8-29(15)26-16/h1,3,5,8,11-14,20,22H,2,4,6-7,9-10H2. The van der Waals surface area contributed by atoms with E-state index >= 15 is 0 Å². The summed E-state index contributed by atoms with van der Waals surface area (Å²) in [5, 5.41) is 15.9. The highest BCUT2D eigenvalue weighted by Crippen LogP contribution is 2.38. The summed E-state index contributed by atoms with van der Waals surface area (Å²) in [6, 6.07) is 7.66. The van der Waals surface area contributed by atoms with Crippen molar-refractivity contribution in [1.82, 2.24) is 29.1 Å². The third kappa shape index (κ3) is 3.41. The first-order valence-corrected chi connectivity index (χ1v) is 11.0. The lowest BCUT2D eigenvalue weighted by atomic mass is 9.99. The average molecular weight is 446 g/mol. The molecular weight excluding hydrogens is 424 g/mol. The van der Waals surface area contributed by atoms with Gasteiger partial charge in [0.05, 0.1) is 23.2 Å². The van der Waals surface area contributed by atoms with Gasteiger partial charge in [-0.2, -0.15) is 5.10 Å². The van der Waals surface area contributed by atoms with Crippen molar-refractivity contribution in [2.75, 3.05) is 18.1 Å². The number of pyridine rings is 1. The number of fused-ring (bicyclic) bond motifs is 2. The van der Waals surface area contributed by atoms with E-state index in [2.05, 4.69) is 19.4 Å². The molecule has 0 amide bonds. The molecule has 1 fully saturated rings. The van der Waals surface area contributed by atoms with Crippen LogP contribution in [0, 0.1) is 10.1 Å². The molecule has 11 heteroatoms. The molecule has 4 aromatic rings. The molecule has 4 aromatic heterocycles. The van der Waals surface area contributed by atoms with Crippen LogP contribution in [0.1, 0.15) is 48.6 Å². The van der Waals surface area contributed by atoms with Crippen molar-refractivity contribution in [2.24, 2.45) is 0 Å². The number of imidazole rings is 1. The summed E-state index contributed by atoms with van der Waals surface area (Å²) in [6.45, 7) is 1.41. The van der Waals surface area contributed by atoms with Crippen LogP contribution in [0.15, 0.2) is 49.2 Å². The van der Waals surface area contributed by atoms with E-state index in [-0.39, 0.29) is 18.1 Å². The number of nitrogens with zero attached hydrogens (tertiary/aromatic N) is 8. The molecule has 2 atom stereocenters. The Morgan fingerprint density at radius 3 is 2.85 bits per heavy atom. The van der Waals surface area contributed by atoms with Gasteiger partial charge in [-0.1, -0.05) is 6.07 Å². The van der Waals surface area contributed by atoms with E-state index in [1.165, 1.54) is 12.4 Å². The molecular formula is C22H22N8O3. The SMILES string of the molecule is O=[N+]([O-])c1cnc(N2CCc3c(ncn3C3CCCCO3)C2c2cc3ccccn3n2)cn1. The van der Waals surface area contributed by atoms with Crippen molar-refractivity contribution in [3.8, 4) is 0 Å². The lowest BCUT2D eigenvalue weighted by molar-refractivity contribution is -0.389. The number of hydrogen-bond acceptors (Lipinski definition) is 8.